The summed E-state index contributed by atoms with van der Waals surface area (Å²) in [7, 11) is 0. The van der Waals surface area contributed by atoms with Gasteiger partial charge in [-0.2, -0.15) is 11.3 Å². The molecule has 2 N–H and O–H groups in total. The number of amides is 1. The van der Waals surface area contributed by atoms with Crippen LogP contribution >= 0.6 is 22.9 Å². The lowest BCUT2D eigenvalue weighted by atomic mass is 10.0. The number of aromatic nitrogens is 2. The predicted molar refractivity (Wildman–Crippen MR) is 110 cm³/mol. The molecule has 1 amide bonds. The summed E-state index contributed by atoms with van der Waals surface area (Å²) in [6.45, 7) is 0. The van der Waals surface area contributed by atoms with Crippen molar-refractivity contribution in [2.45, 2.75) is 18.9 Å². The SMILES string of the molecule is O=C(CCc1nc2ccccc2[nH]1)NC(c1ccc(Cl)cc1)c1ccsc1. The summed E-state index contributed by atoms with van der Waals surface area (Å²) in [5.41, 5.74) is 3.99. The average Bonchev–Trinajstić information content (AvgIpc) is 3.34. The first kappa shape index (κ1) is 17.8. The molecule has 0 saturated carbocycles. The minimum absolute atomic E-state index is 0.0124. The molecule has 4 nitrogen and oxygen atoms in total. The highest BCUT2D eigenvalue weighted by Crippen LogP contribution is 2.25. The fraction of sp³-hybridized carbons (Fsp3) is 0.143. The van der Waals surface area contributed by atoms with Gasteiger partial charge in [0.2, 0.25) is 5.91 Å². The molecule has 27 heavy (non-hydrogen) atoms. The van der Waals surface area contributed by atoms with Crippen molar-refractivity contribution in [3.63, 3.8) is 0 Å². The van der Waals surface area contributed by atoms with Crippen molar-refractivity contribution in [3.8, 4) is 0 Å². The minimum atomic E-state index is -0.184. The Balaban J connectivity index is 1.46. The third-order valence-corrected chi connectivity index (χ3v) is 5.37. The summed E-state index contributed by atoms with van der Waals surface area (Å²) in [5.74, 6) is 0.812. The summed E-state index contributed by atoms with van der Waals surface area (Å²) < 4.78 is 0. The number of aryl methyl sites for hydroxylation is 1. The van der Waals surface area contributed by atoms with Crippen molar-refractivity contribution in [1.82, 2.24) is 15.3 Å². The number of aromatic amines is 1. The van der Waals surface area contributed by atoms with Crippen LogP contribution in [0.15, 0.2) is 65.4 Å². The summed E-state index contributed by atoms with van der Waals surface area (Å²) in [6.07, 6.45) is 0.936. The highest BCUT2D eigenvalue weighted by atomic mass is 35.5. The van der Waals surface area contributed by atoms with Gasteiger partial charge in [-0.3, -0.25) is 4.79 Å². The Morgan fingerprint density at radius 1 is 1.11 bits per heavy atom. The van der Waals surface area contributed by atoms with Gasteiger partial charge in [-0.1, -0.05) is 35.9 Å². The highest BCUT2D eigenvalue weighted by Gasteiger charge is 2.17. The van der Waals surface area contributed by atoms with Gasteiger partial charge in [0.15, 0.2) is 0 Å². The van der Waals surface area contributed by atoms with Gasteiger partial charge in [0.05, 0.1) is 17.1 Å². The molecule has 2 aromatic carbocycles. The maximum Gasteiger partial charge on any atom is 0.221 e. The molecule has 0 aliphatic carbocycles. The van der Waals surface area contributed by atoms with Gasteiger partial charge >= 0.3 is 0 Å². The molecule has 4 aromatic rings. The van der Waals surface area contributed by atoms with Crippen LogP contribution in [0.1, 0.15) is 29.4 Å². The number of rotatable bonds is 6. The van der Waals surface area contributed by atoms with E-state index in [0.29, 0.717) is 17.9 Å². The summed E-state index contributed by atoms with van der Waals surface area (Å²) in [4.78, 5) is 20.4. The first-order valence-electron chi connectivity index (χ1n) is 8.69. The van der Waals surface area contributed by atoms with E-state index in [2.05, 4.69) is 20.7 Å². The standard InChI is InChI=1S/C21H18ClN3OS/c22-16-7-5-14(6-8-16)21(15-11-12-27-13-15)25-20(26)10-9-19-23-17-3-1-2-4-18(17)24-19/h1-8,11-13,21H,9-10H2,(H,23,24)(H,25,26). The van der Waals surface area contributed by atoms with Crippen LogP contribution in [-0.2, 0) is 11.2 Å². The molecule has 0 saturated heterocycles. The minimum Gasteiger partial charge on any atom is -0.345 e. The zero-order chi connectivity index (χ0) is 18.6. The van der Waals surface area contributed by atoms with Crippen LogP contribution in [0.4, 0.5) is 0 Å². The molecule has 0 spiro atoms. The summed E-state index contributed by atoms with van der Waals surface area (Å²) >= 11 is 7.62. The molecular weight excluding hydrogens is 378 g/mol. The normalized spacial score (nSPS) is 12.2. The van der Waals surface area contributed by atoms with Crippen LogP contribution in [-0.4, -0.2) is 15.9 Å². The maximum atomic E-state index is 12.6. The second kappa shape index (κ2) is 7.94. The van der Waals surface area contributed by atoms with Crippen molar-refractivity contribution in [2.24, 2.45) is 0 Å². The van der Waals surface area contributed by atoms with E-state index < -0.39 is 0 Å². The number of nitrogens with one attached hydrogen (secondary N) is 2. The number of hydrogen-bond acceptors (Lipinski definition) is 3. The number of fused-ring (bicyclic) bond motifs is 1. The van der Waals surface area contributed by atoms with Crippen molar-refractivity contribution < 1.29 is 4.79 Å². The van der Waals surface area contributed by atoms with E-state index in [1.165, 1.54) is 0 Å². The van der Waals surface area contributed by atoms with Crippen molar-refractivity contribution in [2.75, 3.05) is 0 Å². The Morgan fingerprint density at radius 2 is 1.93 bits per heavy atom. The number of halogens is 1. The van der Waals surface area contributed by atoms with Crippen LogP contribution in [0, 0.1) is 0 Å². The van der Waals surface area contributed by atoms with Gasteiger partial charge in [-0.15, -0.1) is 0 Å². The molecule has 0 bridgehead atoms. The van der Waals surface area contributed by atoms with Crippen LogP contribution in [0.3, 0.4) is 0 Å². The predicted octanol–water partition coefficient (Wildman–Crippen LogP) is 5.12. The van der Waals surface area contributed by atoms with Gasteiger partial charge < -0.3 is 10.3 Å². The molecule has 1 unspecified atom stereocenters. The number of para-hydroxylation sites is 2. The smallest absolute Gasteiger partial charge is 0.221 e. The van der Waals surface area contributed by atoms with Gasteiger partial charge in [0.25, 0.3) is 0 Å². The Kier molecular flexibility index (Phi) is 5.23. The number of nitrogens with zero attached hydrogens (tertiary/aromatic N) is 1. The fourth-order valence-electron chi connectivity index (χ4n) is 3.04. The second-order valence-electron chi connectivity index (χ2n) is 6.31. The van der Waals surface area contributed by atoms with Gasteiger partial charge in [0.1, 0.15) is 5.82 Å². The molecule has 2 aromatic heterocycles. The lowest BCUT2D eigenvalue weighted by molar-refractivity contribution is -0.121. The van der Waals surface area contributed by atoms with E-state index in [4.69, 9.17) is 11.6 Å². The topological polar surface area (TPSA) is 57.8 Å². The summed E-state index contributed by atoms with van der Waals surface area (Å²) in [5, 5.41) is 7.89. The molecule has 0 radical (unpaired) electrons. The third kappa shape index (κ3) is 4.21. The molecular formula is C21H18ClN3OS. The van der Waals surface area contributed by atoms with Crippen LogP contribution in [0.2, 0.25) is 5.02 Å². The molecule has 0 aliphatic heterocycles. The maximum absolute atomic E-state index is 12.6. The third-order valence-electron chi connectivity index (χ3n) is 4.41. The van der Waals surface area contributed by atoms with Crippen LogP contribution < -0.4 is 5.32 Å². The zero-order valence-electron chi connectivity index (χ0n) is 14.5. The number of imidazole rings is 1. The molecule has 6 heteroatoms. The fourth-order valence-corrected chi connectivity index (χ4v) is 3.85. The largest absolute Gasteiger partial charge is 0.345 e. The first-order chi connectivity index (χ1) is 13.2. The van der Waals surface area contributed by atoms with E-state index in [-0.39, 0.29) is 11.9 Å². The Labute approximate surface area is 166 Å². The number of H-pyrrole nitrogens is 1. The lowest BCUT2D eigenvalue weighted by Crippen LogP contribution is -2.29. The van der Waals surface area contributed by atoms with Crippen molar-refractivity contribution in [3.05, 3.63) is 87.3 Å². The number of carbonyl (C=O) groups is 1. The Bertz CT molecular complexity index is 1010. The van der Waals surface area contributed by atoms with E-state index in [1.807, 2.05) is 60.0 Å². The number of thiophene rings is 1. The van der Waals surface area contributed by atoms with Gasteiger partial charge in [-0.25, -0.2) is 4.98 Å². The van der Waals surface area contributed by atoms with Crippen molar-refractivity contribution in [1.29, 1.82) is 0 Å². The van der Waals surface area contributed by atoms with E-state index in [1.54, 1.807) is 11.3 Å². The Hall–Kier alpha value is -2.63. The van der Waals surface area contributed by atoms with Gasteiger partial charge in [-0.05, 0) is 52.2 Å². The number of benzene rings is 2. The number of hydrogen-bond donors (Lipinski definition) is 2. The molecule has 1 atom stereocenters. The van der Waals surface area contributed by atoms with Gasteiger partial charge in [0, 0.05) is 17.9 Å². The average molecular weight is 396 g/mol. The van der Waals surface area contributed by atoms with E-state index >= 15 is 0 Å². The first-order valence-corrected chi connectivity index (χ1v) is 10.0. The number of carbonyl (C=O) groups excluding carboxylic acids is 1. The summed E-state index contributed by atoms with van der Waals surface area (Å²) in [6, 6.07) is 17.3. The molecule has 2 heterocycles. The van der Waals surface area contributed by atoms with E-state index in [0.717, 1.165) is 28.0 Å². The monoisotopic (exact) mass is 395 g/mol. The lowest BCUT2D eigenvalue weighted by Gasteiger charge is -2.18. The second-order valence-corrected chi connectivity index (χ2v) is 7.53. The molecule has 0 fully saturated rings. The molecule has 136 valence electrons. The quantitative estimate of drug-likeness (QED) is 0.476. The van der Waals surface area contributed by atoms with Crippen LogP contribution in [0.25, 0.3) is 11.0 Å². The van der Waals surface area contributed by atoms with Crippen molar-refractivity contribution >= 4 is 39.9 Å². The zero-order valence-corrected chi connectivity index (χ0v) is 16.1. The van der Waals surface area contributed by atoms with E-state index in [9.17, 15) is 4.79 Å². The van der Waals surface area contributed by atoms with Crippen LogP contribution in [0.5, 0.6) is 0 Å². The highest BCUT2D eigenvalue weighted by molar-refractivity contribution is 7.08. The molecule has 4 rings (SSSR count). The molecule has 0 aliphatic rings. The Morgan fingerprint density at radius 3 is 2.67 bits per heavy atom.